The molecule has 0 aromatic carbocycles. The Hall–Kier alpha value is -2.44. The highest BCUT2D eigenvalue weighted by atomic mass is 16.4. The first-order chi connectivity index (χ1) is 9.15. The Balaban J connectivity index is 2.21. The van der Waals surface area contributed by atoms with E-state index in [0.29, 0.717) is 31.3 Å². The largest absolute Gasteiger partial charge is 0.476 e. The molecule has 0 aliphatic carbocycles. The Labute approximate surface area is 110 Å². The van der Waals surface area contributed by atoms with Crippen molar-refractivity contribution in [3.05, 3.63) is 29.7 Å². The molecule has 0 amide bonds. The van der Waals surface area contributed by atoms with Crippen molar-refractivity contribution in [2.45, 2.75) is 20.0 Å². The fourth-order valence-electron chi connectivity index (χ4n) is 1.91. The Kier molecular flexibility index (Phi) is 3.74. The molecule has 0 spiro atoms. The number of aromatic nitrogens is 2. The van der Waals surface area contributed by atoms with Crippen LogP contribution in [0.15, 0.2) is 28.2 Å². The number of rotatable bonds is 4. The van der Waals surface area contributed by atoms with Crippen molar-refractivity contribution in [2.24, 2.45) is 9.98 Å². The van der Waals surface area contributed by atoms with Crippen LogP contribution in [0.25, 0.3) is 0 Å². The van der Waals surface area contributed by atoms with Gasteiger partial charge in [-0.05, 0) is 13.6 Å². The summed E-state index contributed by atoms with van der Waals surface area (Å²) in [5.74, 6) is 0.351. The lowest BCUT2D eigenvalue weighted by Crippen LogP contribution is -2.32. The van der Waals surface area contributed by atoms with E-state index in [2.05, 4.69) is 21.7 Å². The molecule has 1 aliphatic rings. The number of imidazole rings is 1. The molecular formula is C12H15N5O2. The van der Waals surface area contributed by atoms with Gasteiger partial charge in [-0.15, -0.1) is 0 Å². The van der Waals surface area contributed by atoms with Gasteiger partial charge in [0.25, 0.3) is 0 Å². The SMILES string of the molecule is C=N/C(=C\N=CC)N1CCn2cc(C(=O)O)nc2C1. The molecule has 0 saturated heterocycles. The van der Waals surface area contributed by atoms with Gasteiger partial charge in [0.2, 0.25) is 0 Å². The summed E-state index contributed by atoms with van der Waals surface area (Å²) in [5, 5.41) is 8.92. The van der Waals surface area contributed by atoms with Gasteiger partial charge in [0, 0.05) is 25.5 Å². The summed E-state index contributed by atoms with van der Waals surface area (Å²) in [6.45, 7) is 7.22. The van der Waals surface area contributed by atoms with Gasteiger partial charge in [0.15, 0.2) is 5.69 Å². The van der Waals surface area contributed by atoms with Crippen molar-refractivity contribution >= 4 is 18.9 Å². The van der Waals surface area contributed by atoms with Crippen molar-refractivity contribution in [1.82, 2.24) is 14.5 Å². The average Bonchev–Trinajstić information content (AvgIpc) is 2.83. The maximum Gasteiger partial charge on any atom is 0.356 e. The summed E-state index contributed by atoms with van der Waals surface area (Å²) in [6, 6.07) is 0. The number of hydrogen-bond donors (Lipinski definition) is 1. The summed E-state index contributed by atoms with van der Waals surface area (Å²) < 4.78 is 1.85. The topological polar surface area (TPSA) is 83.1 Å². The lowest BCUT2D eigenvalue weighted by Gasteiger charge is -2.28. The van der Waals surface area contributed by atoms with Gasteiger partial charge in [-0.1, -0.05) is 0 Å². The van der Waals surface area contributed by atoms with Gasteiger partial charge in [-0.25, -0.2) is 14.8 Å². The number of carbonyl (C=O) groups is 1. The van der Waals surface area contributed by atoms with Crippen LogP contribution in [-0.2, 0) is 13.1 Å². The van der Waals surface area contributed by atoms with Crippen LogP contribution >= 0.6 is 0 Å². The first kappa shape index (κ1) is 13.0. The van der Waals surface area contributed by atoms with Crippen molar-refractivity contribution in [2.75, 3.05) is 6.54 Å². The molecule has 0 bridgehead atoms. The van der Waals surface area contributed by atoms with Crippen LogP contribution in [-0.4, -0.2) is 45.0 Å². The molecule has 1 aromatic rings. The maximum atomic E-state index is 10.9. The highest BCUT2D eigenvalue weighted by Gasteiger charge is 2.21. The Morgan fingerprint density at radius 1 is 1.58 bits per heavy atom. The number of aromatic carboxylic acids is 1. The van der Waals surface area contributed by atoms with E-state index in [4.69, 9.17) is 5.11 Å². The van der Waals surface area contributed by atoms with E-state index in [1.165, 1.54) is 0 Å². The van der Waals surface area contributed by atoms with Crippen LogP contribution in [0.5, 0.6) is 0 Å². The van der Waals surface area contributed by atoms with E-state index in [1.807, 2.05) is 16.4 Å². The van der Waals surface area contributed by atoms with Crippen molar-refractivity contribution in [3.63, 3.8) is 0 Å². The second kappa shape index (κ2) is 5.47. The highest BCUT2D eigenvalue weighted by molar-refractivity contribution is 5.85. The number of aliphatic imine (C=N–C) groups is 2. The van der Waals surface area contributed by atoms with E-state index in [1.54, 1.807) is 18.6 Å². The summed E-state index contributed by atoms with van der Waals surface area (Å²) in [7, 11) is 0. The van der Waals surface area contributed by atoms with Crippen LogP contribution in [0.3, 0.4) is 0 Å². The van der Waals surface area contributed by atoms with Crippen LogP contribution in [0.1, 0.15) is 23.2 Å². The first-order valence-electron chi connectivity index (χ1n) is 5.84. The van der Waals surface area contributed by atoms with Gasteiger partial charge < -0.3 is 14.6 Å². The number of fused-ring (bicyclic) bond motifs is 1. The minimum absolute atomic E-state index is 0.0699. The van der Waals surface area contributed by atoms with Crippen molar-refractivity contribution in [3.8, 4) is 0 Å². The zero-order valence-electron chi connectivity index (χ0n) is 10.7. The zero-order valence-corrected chi connectivity index (χ0v) is 10.7. The summed E-state index contributed by atoms with van der Waals surface area (Å²) in [5.41, 5.74) is 0.0699. The Morgan fingerprint density at radius 2 is 2.37 bits per heavy atom. The van der Waals surface area contributed by atoms with Gasteiger partial charge in [-0.2, -0.15) is 0 Å². The second-order valence-electron chi connectivity index (χ2n) is 4.02. The third kappa shape index (κ3) is 2.70. The summed E-state index contributed by atoms with van der Waals surface area (Å²) in [6.07, 6.45) is 4.85. The van der Waals surface area contributed by atoms with E-state index < -0.39 is 5.97 Å². The molecule has 1 N–H and O–H groups in total. The quantitative estimate of drug-likeness (QED) is 0.819. The minimum atomic E-state index is -1.01. The molecule has 1 aliphatic heterocycles. The van der Waals surface area contributed by atoms with Crippen LogP contribution in [0, 0.1) is 0 Å². The predicted molar refractivity (Wildman–Crippen MR) is 71.4 cm³/mol. The lowest BCUT2D eigenvalue weighted by molar-refractivity contribution is 0.0691. The van der Waals surface area contributed by atoms with E-state index in [9.17, 15) is 4.79 Å². The van der Waals surface area contributed by atoms with Crippen LogP contribution < -0.4 is 0 Å². The molecule has 0 unspecified atom stereocenters. The third-order valence-corrected chi connectivity index (χ3v) is 2.85. The molecule has 2 rings (SSSR count). The van der Waals surface area contributed by atoms with Crippen molar-refractivity contribution in [1.29, 1.82) is 0 Å². The molecule has 2 heterocycles. The van der Waals surface area contributed by atoms with E-state index >= 15 is 0 Å². The molecule has 1 aromatic heterocycles. The predicted octanol–water partition coefficient (Wildman–Crippen LogP) is 0.987. The van der Waals surface area contributed by atoms with E-state index in [0.717, 1.165) is 0 Å². The van der Waals surface area contributed by atoms with Gasteiger partial charge in [0.1, 0.15) is 11.6 Å². The molecule has 7 heteroatoms. The monoisotopic (exact) mass is 261 g/mol. The highest BCUT2D eigenvalue weighted by Crippen LogP contribution is 2.17. The van der Waals surface area contributed by atoms with Crippen LogP contribution in [0.2, 0.25) is 0 Å². The standard InChI is InChI=1S/C12H15N5O2/c1-3-14-6-10(13-2)17-5-4-16-7-9(12(18)19)15-11(16)8-17/h3,6-7H,2,4-5,8H2,1H3,(H,18,19)/b10-6+,14-3?. The molecule has 0 saturated carbocycles. The van der Waals surface area contributed by atoms with Gasteiger partial charge in [-0.3, -0.25) is 4.99 Å². The fraction of sp³-hybridized carbons (Fsp3) is 0.333. The normalized spacial score (nSPS) is 15.6. The zero-order chi connectivity index (χ0) is 13.8. The number of nitrogens with zero attached hydrogens (tertiary/aromatic N) is 5. The average molecular weight is 261 g/mol. The molecule has 0 fully saturated rings. The minimum Gasteiger partial charge on any atom is -0.476 e. The number of carboxylic acids is 1. The Bertz CT molecular complexity index is 558. The molecular weight excluding hydrogens is 246 g/mol. The van der Waals surface area contributed by atoms with Gasteiger partial charge in [0.05, 0.1) is 12.7 Å². The third-order valence-electron chi connectivity index (χ3n) is 2.85. The summed E-state index contributed by atoms with van der Waals surface area (Å²) in [4.78, 5) is 24.9. The lowest BCUT2D eigenvalue weighted by atomic mass is 10.3. The summed E-state index contributed by atoms with van der Waals surface area (Å²) >= 11 is 0. The maximum absolute atomic E-state index is 10.9. The van der Waals surface area contributed by atoms with Crippen LogP contribution in [0.4, 0.5) is 0 Å². The number of carboxylic acid groups (broad SMARTS) is 1. The molecule has 0 atom stereocenters. The van der Waals surface area contributed by atoms with E-state index in [-0.39, 0.29) is 5.69 Å². The Morgan fingerprint density at radius 3 is 3.00 bits per heavy atom. The second-order valence-corrected chi connectivity index (χ2v) is 4.02. The molecule has 0 radical (unpaired) electrons. The molecule has 100 valence electrons. The van der Waals surface area contributed by atoms with Crippen molar-refractivity contribution < 1.29 is 9.90 Å². The molecule has 7 nitrogen and oxygen atoms in total. The fourth-order valence-corrected chi connectivity index (χ4v) is 1.91. The number of hydrogen-bond acceptors (Lipinski definition) is 5. The first-order valence-corrected chi connectivity index (χ1v) is 5.84. The molecule has 19 heavy (non-hydrogen) atoms. The van der Waals surface area contributed by atoms with Gasteiger partial charge >= 0.3 is 5.97 Å². The smallest absolute Gasteiger partial charge is 0.356 e.